The standard InChI is InChI=1S/C70H120NO8P/c1-6-8-10-12-14-16-18-20-22-24-25-26-27-28-29-30-31-32-33-34-35-36-37-38-39-40-41-42-43-44-45-47-49-51-53-55-57-59-61-63-70(73)79-68(67-78-80(74,75)77-65-64-71(3,4)5)66-76-69(72)62-60-58-56-54-52-50-48-46-23-21-19-17-15-13-11-9-7-2/h8-11,14-17,20-23,25-26,28-29,31-32,34-35,68H,6-7,12-13,18-19,24,27,30,33,36-67H2,1-5H3/p+1/b10-8-,11-9-,16-14-,17-15-,22-20-,23-21-,26-25-,29-28-,32-31-,35-34-. The average Bonchev–Trinajstić information content (AvgIpc) is 3.42. The largest absolute Gasteiger partial charge is 0.472 e. The number of nitrogens with zero attached hydrogens (tertiary/aromatic N) is 1. The average molecular weight is 1140 g/mol. The van der Waals surface area contributed by atoms with Gasteiger partial charge < -0.3 is 18.9 Å². The van der Waals surface area contributed by atoms with E-state index in [4.69, 9.17) is 18.5 Å². The van der Waals surface area contributed by atoms with E-state index < -0.39 is 26.5 Å². The number of allylic oxidation sites excluding steroid dienone is 20. The SMILES string of the molecule is CC/C=C\C/C=C\C/C=C\C/C=C\C/C=C\C/C=C\C/C=C\CCCCCCCCCCCCCCCCCCCC(=O)OC(COC(=O)CCCCCCCCC/C=C\C/C=C\C/C=C\CC)COP(=O)(O)OCC[N+](C)(C)C. The van der Waals surface area contributed by atoms with E-state index in [0.717, 1.165) is 116 Å². The molecule has 0 radical (unpaired) electrons. The smallest absolute Gasteiger partial charge is 0.462 e. The number of carbonyl (C=O) groups is 2. The maximum Gasteiger partial charge on any atom is 0.472 e. The monoisotopic (exact) mass is 1130 g/mol. The molecule has 0 bridgehead atoms. The molecule has 10 heteroatoms. The number of phosphoric ester groups is 1. The van der Waals surface area contributed by atoms with Gasteiger partial charge in [-0.25, -0.2) is 4.57 Å². The van der Waals surface area contributed by atoms with Crippen LogP contribution in [0.25, 0.3) is 0 Å². The van der Waals surface area contributed by atoms with Crippen molar-refractivity contribution >= 4 is 19.8 Å². The number of quaternary nitrogens is 1. The van der Waals surface area contributed by atoms with Crippen LogP contribution in [0.1, 0.15) is 258 Å². The first kappa shape index (κ1) is 76.4. The van der Waals surface area contributed by atoms with Crippen molar-refractivity contribution in [1.82, 2.24) is 0 Å². The maximum absolute atomic E-state index is 12.8. The van der Waals surface area contributed by atoms with Crippen molar-refractivity contribution in [3.8, 4) is 0 Å². The van der Waals surface area contributed by atoms with Gasteiger partial charge in [0.15, 0.2) is 6.10 Å². The fraction of sp³-hybridized carbons (Fsp3) is 0.686. The highest BCUT2D eigenvalue weighted by Crippen LogP contribution is 2.43. The summed E-state index contributed by atoms with van der Waals surface area (Å²) >= 11 is 0. The Bertz CT molecular complexity index is 1760. The summed E-state index contributed by atoms with van der Waals surface area (Å²) in [6, 6.07) is 0. The third-order valence-electron chi connectivity index (χ3n) is 13.5. The normalized spacial score (nSPS) is 14.0. The Morgan fingerprint density at radius 1 is 0.388 bits per heavy atom. The molecule has 0 heterocycles. The molecule has 0 spiro atoms. The van der Waals surface area contributed by atoms with Crippen molar-refractivity contribution < 1.29 is 42.1 Å². The maximum atomic E-state index is 12.8. The molecule has 0 saturated heterocycles. The quantitative estimate of drug-likeness (QED) is 0.0211. The summed E-state index contributed by atoms with van der Waals surface area (Å²) in [5, 5.41) is 0. The van der Waals surface area contributed by atoms with Gasteiger partial charge in [0, 0.05) is 12.8 Å². The third-order valence-corrected chi connectivity index (χ3v) is 14.5. The molecule has 0 amide bonds. The van der Waals surface area contributed by atoms with Gasteiger partial charge in [-0.15, -0.1) is 0 Å². The van der Waals surface area contributed by atoms with Crippen LogP contribution < -0.4 is 0 Å². The van der Waals surface area contributed by atoms with E-state index in [1.165, 1.54) is 109 Å². The van der Waals surface area contributed by atoms with Crippen LogP contribution in [-0.2, 0) is 32.7 Å². The van der Waals surface area contributed by atoms with E-state index in [9.17, 15) is 19.0 Å². The molecule has 0 aromatic carbocycles. The van der Waals surface area contributed by atoms with E-state index in [2.05, 4.69) is 135 Å². The molecule has 0 fully saturated rings. The Kier molecular flexibility index (Phi) is 57.3. The lowest BCUT2D eigenvalue weighted by atomic mass is 10.0. The van der Waals surface area contributed by atoms with Crippen LogP contribution in [0, 0.1) is 0 Å². The summed E-state index contributed by atoms with van der Waals surface area (Å²) in [6.45, 7) is 4.20. The minimum Gasteiger partial charge on any atom is -0.462 e. The molecule has 0 saturated carbocycles. The van der Waals surface area contributed by atoms with Crippen molar-refractivity contribution in [3.63, 3.8) is 0 Å². The zero-order chi connectivity index (χ0) is 58.4. The lowest BCUT2D eigenvalue weighted by molar-refractivity contribution is -0.870. The second-order valence-corrected chi connectivity index (χ2v) is 23.8. The first-order chi connectivity index (χ1) is 39.0. The van der Waals surface area contributed by atoms with Crippen LogP contribution in [0.2, 0.25) is 0 Å². The molecule has 458 valence electrons. The van der Waals surface area contributed by atoms with Crippen molar-refractivity contribution in [2.24, 2.45) is 0 Å². The van der Waals surface area contributed by atoms with E-state index in [1.807, 2.05) is 21.1 Å². The van der Waals surface area contributed by atoms with Crippen LogP contribution in [-0.4, -0.2) is 74.9 Å². The number of phosphoric acid groups is 1. The number of unbranched alkanes of at least 4 members (excludes halogenated alkanes) is 24. The summed E-state index contributed by atoms with van der Waals surface area (Å²) in [5.41, 5.74) is 0. The lowest BCUT2D eigenvalue weighted by Gasteiger charge is -2.24. The van der Waals surface area contributed by atoms with Gasteiger partial charge in [-0.3, -0.25) is 18.6 Å². The Balaban J connectivity index is 4.02. The third kappa shape index (κ3) is 63.6. The van der Waals surface area contributed by atoms with Crippen molar-refractivity contribution in [2.75, 3.05) is 47.5 Å². The predicted octanol–water partition coefficient (Wildman–Crippen LogP) is 20.7. The zero-order valence-electron chi connectivity index (χ0n) is 52.0. The van der Waals surface area contributed by atoms with Crippen molar-refractivity contribution in [2.45, 2.75) is 264 Å². The van der Waals surface area contributed by atoms with Crippen LogP contribution >= 0.6 is 7.82 Å². The number of hydrogen-bond acceptors (Lipinski definition) is 7. The Morgan fingerprint density at radius 2 is 0.675 bits per heavy atom. The summed E-state index contributed by atoms with van der Waals surface area (Å²) in [7, 11) is 1.46. The van der Waals surface area contributed by atoms with Crippen LogP contribution in [0.5, 0.6) is 0 Å². The molecule has 0 aromatic heterocycles. The van der Waals surface area contributed by atoms with Crippen LogP contribution in [0.15, 0.2) is 122 Å². The van der Waals surface area contributed by atoms with E-state index in [0.29, 0.717) is 17.4 Å². The van der Waals surface area contributed by atoms with Gasteiger partial charge in [-0.05, 0) is 103 Å². The fourth-order valence-corrected chi connectivity index (χ4v) is 9.34. The molecule has 0 aliphatic carbocycles. The van der Waals surface area contributed by atoms with Gasteiger partial charge in [0.25, 0.3) is 0 Å². The Hall–Kier alpha value is -3.59. The van der Waals surface area contributed by atoms with E-state index in [-0.39, 0.29) is 32.0 Å². The highest BCUT2D eigenvalue weighted by Gasteiger charge is 2.27. The second kappa shape index (κ2) is 60.0. The number of likely N-dealkylation sites (N-methyl/N-ethyl adjacent to an activating group) is 1. The summed E-state index contributed by atoms with van der Waals surface area (Å²) in [6.07, 6.45) is 85.8. The van der Waals surface area contributed by atoms with Gasteiger partial charge in [0.05, 0.1) is 27.7 Å². The molecule has 1 N–H and O–H groups in total. The molecule has 0 rings (SSSR count). The fourth-order valence-electron chi connectivity index (χ4n) is 8.60. The Morgan fingerprint density at radius 3 is 1.00 bits per heavy atom. The summed E-state index contributed by atoms with van der Waals surface area (Å²) < 4.78 is 34.6. The molecule has 2 atom stereocenters. The number of hydrogen-bond donors (Lipinski definition) is 1. The minimum atomic E-state index is -4.39. The van der Waals surface area contributed by atoms with Gasteiger partial charge >= 0.3 is 19.8 Å². The first-order valence-electron chi connectivity index (χ1n) is 32.3. The van der Waals surface area contributed by atoms with Gasteiger partial charge in [0.1, 0.15) is 19.8 Å². The molecule has 0 aromatic rings. The van der Waals surface area contributed by atoms with Crippen LogP contribution in [0.4, 0.5) is 0 Å². The lowest BCUT2D eigenvalue weighted by Crippen LogP contribution is -2.37. The van der Waals surface area contributed by atoms with E-state index >= 15 is 0 Å². The summed E-state index contributed by atoms with van der Waals surface area (Å²) in [4.78, 5) is 35.7. The molecule has 0 aliphatic heterocycles. The van der Waals surface area contributed by atoms with Crippen LogP contribution in [0.3, 0.4) is 0 Å². The van der Waals surface area contributed by atoms with Crippen molar-refractivity contribution in [3.05, 3.63) is 122 Å². The topological polar surface area (TPSA) is 108 Å². The Labute approximate surface area is 492 Å². The van der Waals surface area contributed by atoms with E-state index in [1.54, 1.807) is 0 Å². The molecular weight excluding hydrogens is 1010 g/mol. The van der Waals surface area contributed by atoms with Gasteiger partial charge in [-0.1, -0.05) is 264 Å². The number of esters is 2. The zero-order valence-corrected chi connectivity index (χ0v) is 52.9. The van der Waals surface area contributed by atoms with Gasteiger partial charge in [0.2, 0.25) is 0 Å². The predicted molar refractivity (Wildman–Crippen MR) is 344 cm³/mol. The van der Waals surface area contributed by atoms with Crippen molar-refractivity contribution in [1.29, 1.82) is 0 Å². The molecule has 80 heavy (non-hydrogen) atoms. The first-order valence-corrected chi connectivity index (χ1v) is 33.8. The molecule has 0 aliphatic rings. The minimum absolute atomic E-state index is 0.0260. The molecular formula is C70H121NO8P+. The van der Waals surface area contributed by atoms with Gasteiger partial charge in [-0.2, -0.15) is 0 Å². The molecule has 9 nitrogen and oxygen atoms in total. The molecule has 2 unspecified atom stereocenters. The highest BCUT2D eigenvalue weighted by molar-refractivity contribution is 7.47. The second-order valence-electron chi connectivity index (χ2n) is 22.4. The summed E-state index contributed by atoms with van der Waals surface area (Å²) in [5.74, 6) is -0.808. The number of ether oxygens (including phenoxy) is 2. The highest BCUT2D eigenvalue weighted by atomic mass is 31.2. The number of carbonyl (C=O) groups excluding carboxylic acids is 2. The number of rotatable bonds is 58.